The lowest BCUT2D eigenvalue weighted by Gasteiger charge is -2.22. The first-order valence-electron chi connectivity index (χ1n) is 6.50. The average molecular weight is 345 g/mol. The minimum absolute atomic E-state index is 0.0584. The van der Waals surface area contributed by atoms with Gasteiger partial charge in [-0.2, -0.15) is 0 Å². The van der Waals surface area contributed by atoms with Crippen LogP contribution in [0.25, 0.3) is 0 Å². The Balaban J connectivity index is 2.58. The second-order valence-corrected chi connectivity index (χ2v) is 7.00. The fraction of sp³-hybridized carbons (Fsp3) is 0.571. The van der Waals surface area contributed by atoms with Crippen LogP contribution in [-0.2, 0) is 6.54 Å². The number of hydrogen-bond acceptors (Lipinski definition) is 4. The quantitative estimate of drug-likeness (QED) is 0.613. The summed E-state index contributed by atoms with van der Waals surface area (Å²) in [7, 11) is 0. The molecule has 0 aliphatic carbocycles. The topological polar surface area (TPSA) is 75.4 Å². The van der Waals surface area contributed by atoms with Gasteiger partial charge < -0.3 is 10.4 Å². The molecular formula is C14H21BrN2O3. The molecule has 1 aromatic carbocycles. The maximum Gasteiger partial charge on any atom is 0.273 e. The van der Waals surface area contributed by atoms with E-state index in [-0.39, 0.29) is 11.1 Å². The van der Waals surface area contributed by atoms with Gasteiger partial charge in [0.1, 0.15) is 0 Å². The van der Waals surface area contributed by atoms with E-state index in [4.69, 9.17) is 0 Å². The third-order valence-corrected chi connectivity index (χ3v) is 3.27. The predicted octanol–water partition coefficient (Wildman–Crippen LogP) is 3.24. The minimum atomic E-state index is -0.457. The SMILES string of the molecule is CC(C)(C)CC(O)CNCc1cc(Br)ccc1[N+](=O)[O-]. The molecule has 5 nitrogen and oxygen atoms in total. The number of nitro groups is 1. The van der Waals surface area contributed by atoms with Crippen molar-refractivity contribution < 1.29 is 10.0 Å². The van der Waals surface area contributed by atoms with Crippen LogP contribution in [-0.4, -0.2) is 22.7 Å². The summed E-state index contributed by atoms with van der Waals surface area (Å²) >= 11 is 3.31. The van der Waals surface area contributed by atoms with Gasteiger partial charge in [0.25, 0.3) is 5.69 Å². The van der Waals surface area contributed by atoms with E-state index < -0.39 is 11.0 Å². The van der Waals surface area contributed by atoms with Gasteiger partial charge in [0.15, 0.2) is 0 Å². The van der Waals surface area contributed by atoms with Crippen molar-refractivity contribution >= 4 is 21.6 Å². The van der Waals surface area contributed by atoms with Crippen molar-refractivity contribution in [1.29, 1.82) is 0 Å². The van der Waals surface area contributed by atoms with Gasteiger partial charge in [-0.25, -0.2) is 0 Å². The molecule has 0 radical (unpaired) electrons. The number of nitrogens with one attached hydrogen (secondary N) is 1. The minimum Gasteiger partial charge on any atom is -0.392 e. The molecule has 0 aliphatic heterocycles. The highest BCUT2D eigenvalue weighted by Gasteiger charge is 2.17. The lowest BCUT2D eigenvalue weighted by Crippen LogP contribution is -2.30. The van der Waals surface area contributed by atoms with E-state index >= 15 is 0 Å². The molecule has 0 aromatic heterocycles. The van der Waals surface area contributed by atoms with Crippen LogP contribution in [0.3, 0.4) is 0 Å². The largest absolute Gasteiger partial charge is 0.392 e. The molecule has 0 spiro atoms. The van der Waals surface area contributed by atoms with Crippen LogP contribution >= 0.6 is 15.9 Å². The molecule has 1 atom stereocenters. The molecule has 1 rings (SSSR count). The summed E-state index contributed by atoms with van der Waals surface area (Å²) in [6, 6.07) is 4.85. The zero-order valence-corrected chi connectivity index (χ0v) is 13.6. The van der Waals surface area contributed by atoms with E-state index in [1.807, 2.05) is 0 Å². The fourth-order valence-corrected chi connectivity index (χ4v) is 2.43. The summed E-state index contributed by atoms with van der Waals surface area (Å²) in [5.41, 5.74) is 0.751. The maximum atomic E-state index is 10.9. The second-order valence-electron chi connectivity index (χ2n) is 6.08. The summed E-state index contributed by atoms with van der Waals surface area (Å²) < 4.78 is 0.801. The Labute approximate surface area is 127 Å². The predicted molar refractivity (Wildman–Crippen MR) is 82.6 cm³/mol. The van der Waals surface area contributed by atoms with Crippen LogP contribution in [0.2, 0.25) is 0 Å². The van der Waals surface area contributed by atoms with Gasteiger partial charge in [0.2, 0.25) is 0 Å². The van der Waals surface area contributed by atoms with Crippen molar-refractivity contribution in [2.24, 2.45) is 5.41 Å². The second kappa shape index (κ2) is 7.15. The molecule has 0 amide bonds. The van der Waals surface area contributed by atoms with E-state index in [2.05, 4.69) is 42.0 Å². The van der Waals surface area contributed by atoms with E-state index in [9.17, 15) is 15.2 Å². The Morgan fingerprint density at radius 1 is 1.45 bits per heavy atom. The van der Waals surface area contributed by atoms with Crippen LogP contribution in [0.5, 0.6) is 0 Å². The van der Waals surface area contributed by atoms with Crippen molar-refractivity contribution in [3.63, 3.8) is 0 Å². The highest BCUT2D eigenvalue weighted by molar-refractivity contribution is 9.10. The molecule has 20 heavy (non-hydrogen) atoms. The molecule has 1 aromatic rings. The average Bonchev–Trinajstić information content (AvgIpc) is 2.26. The monoisotopic (exact) mass is 344 g/mol. The van der Waals surface area contributed by atoms with E-state index in [1.54, 1.807) is 12.1 Å². The van der Waals surface area contributed by atoms with Crippen LogP contribution in [0.1, 0.15) is 32.8 Å². The Hall–Kier alpha value is -0.980. The molecule has 0 bridgehead atoms. The third-order valence-electron chi connectivity index (χ3n) is 2.78. The molecule has 2 N–H and O–H groups in total. The molecule has 0 heterocycles. The molecule has 0 saturated carbocycles. The number of hydrogen-bond donors (Lipinski definition) is 2. The highest BCUT2D eigenvalue weighted by atomic mass is 79.9. The van der Waals surface area contributed by atoms with Gasteiger partial charge in [-0.1, -0.05) is 36.7 Å². The van der Waals surface area contributed by atoms with Crippen molar-refractivity contribution in [2.45, 2.75) is 39.8 Å². The lowest BCUT2D eigenvalue weighted by molar-refractivity contribution is -0.385. The summed E-state index contributed by atoms with van der Waals surface area (Å²) in [4.78, 5) is 10.5. The van der Waals surface area contributed by atoms with Crippen LogP contribution in [0.15, 0.2) is 22.7 Å². The van der Waals surface area contributed by atoms with Gasteiger partial charge >= 0.3 is 0 Å². The highest BCUT2D eigenvalue weighted by Crippen LogP contribution is 2.23. The van der Waals surface area contributed by atoms with Crippen molar-refractivity contribution in [1.82, 2.24) is 5.32 Å². The molecule has 1 unspecified atom stereocenters. The van der Waals surface area contributed by atoms with Crippen LogP contribution in [0, 0.1) is 15.5 Å². The maximum absolute atomic E-state index is 10.9. The van der Waals surface area contributed by atoms with Gasteiger partial charge in [0.05, 0.1) is 11.0 Å². The first-order chi connectivity index (χ1) is 9.19. The Morgan fingerprint density at radius 3 is 2.65 bits per heavy atom. The number of halogens is 1. The molecule has 0 saturated heterocycles. The van der Waals surface area contributed by atoms with Gasteiger partial charge in [-0.15, -0.1) is 0 Å². The number of nitro benzene ring substituents is 1. The Morgan fingerprint density at radius 2 is 2.10 bits per heavy atom. The lowest BCUT2D eigenvalue weighted by atomic mass is 9.89. The smallest absolute Gasteiger partial charge is 0.273 e. The summed E-state index contributed by atoms with van der Waals surface area (Å²) in [6.07, 6.45) is 0.224. The number of aliphatic hydroxyl groups excluding tert-OH is 1. The third kappa shape index (κ3) is 5.98. The first-order valence-corrected chi connectivity index (χ1v) is 7.30. The molecule has 0 fully saturated rings. The number of rotatable bonds is 6. The van der Waals surface area contributed by atoms with Crippen molar-refractivity contribution in [3.05, 3.63) is 38.3 Å². The van der Waals surface area contributed by atoms with Gasteiger partial charge in [-0.3, -0.25) is 10.1 Å². The Bertz CT molecular complexity index is 472. The van der Waals surface area contributed by atoms with Crippen LogP contribution < -0.4 is 5.32 Å². The summed E-state index contributed by atoms with van der Waals surface area (Å²) in [6.45, 7) is 6.97. The Kier molecular flexibility index (Phi) is 6.10. The summed E-state index contributed by atoms with van der Waals surface area (Å²) in [5, 5.41) is 23.9. The van der Waals surface area contributed by atoms with Gasteiger partial charge in [0, 0.05) is 29.2 Å². The summed E-state index contributed by atoms with van der Waals surface area (Å²) in [5.74, 6) is 0. The van der Waals surface area contributed by atoms with Gasteiger partial charge in [-0.05, 0) is 24.0 Å². The normalized spacial score (nSPS) is 13.2. The van der Waals surface area contributed by atoms with E-state index in [0.29, 0.717) is 25.1 Å². The zero-order valence-electron chi connectivity index (χ0n) is 12.0. The van der Waals surface area contributed by atoms with Crippen LogP contribution in [0.4, 0.5) is 5.69 Å². The number of nitrogens with zero attached hydrogens (tertiary/aromatic N) is 1. The standard InChI is InChI=1S/C14H21BrN2O3/c1-14(2,3)7-12(18)9-16-8-10-6-11(15)4-5-13(10)17(19)20/h4-6,12,16,18H,7-9H2,1-3H3. The molecule has 6 heteroatoms. The van der Waals surface area contributed by atoms with E-state index in [1.165, 1.54) is 6.07 Å². The first kappa shape index (κ1) is 17.1. The fourth-order valence-electron chi connectivity index (χ4n) is 2.03. The molecular weight excluding hydrogens is 324 g/mol. The number of aliphatic hydroxyl groups is 1. The zero-order chi connectivity index (χ0) is 15.3. The number of benzene rings is 1. The van der Waals surface area contributed by atoms with E-state index in [0.717, 1.165) is 4.47 Å². The van der Waals surface area contributed by atoms with Crippen molar-refractivity contribution in [2.75, 3.05) is 6.54 Å². The van der Waals surface area contributed by atoms with Crippen molar-refractivity contribution in [3.8, 4) is 0 Å². The molecule has 112 valence electrons. The molecule has 0 aliphatic rings.